The molecule has 148 valence electrons. The van der Waals surface area contributed by atoms with E-state index in [1.54, 1.807) is 30.6 Å². The van der Waals surface area contributed by atoms with Gasteiger partial charge in [0.15, 0.2) is 0 Å². The molecular formula is C20H27Cl2N3O2. The van der Waals surface area contributed by atoms with Crippen LogP contribution >= 0.6 is 24.0 Å². The monoisotopic (exact) mass is 411 g/mol. The molecule has 0 unspecified atom stereocenters. The van der Waals surface area contributed by atoms with Crippen molar-refractivity contribution in [2.24, 2.45) is 0 Å². The van der Waals surface area contributed by atoms with Crippen LogP contribution in [0.25, 0.3) is 0 Å². The molecule has 1 heterocycles. The Bertz CT molecular complexity index is 693. The van der Waals surface area contributed by atoms with Gasteiger partial charge in [0.2, 0.25) is 0 Å². The van der Waals surface area contributed by atoms with E-state index in [1.807, 2.05) is 17.0 Å². The first kappa shape index (κ1) is 23.1. The van der Waals surface area contributed by atoms with Crippen LogP contribution in [0.1, 0.15) is 37.0 Å². The van der Waals surface area contributed by atoms with Crippen LogP contribution in [0.4, 0.5) is 5.69 Å². The SMILES string of the molecule is CCCN(CCC)C(=O)c1cc(Cl)cc(OCCNc2ccncc2)c1.Cl. The van der Waals surface area contributed by atoms with Gasteiger partial charge in [-0.3, -0.25) is 9.78 Å². The third-order valence-corrected chi connectivity index (χ3v) is 3.99. The Hall–Kier alpha value is -1.98. The van der Waals surface area contributed by atoms with Crippen molar-refractivity contribution in [1.29, 1.82) is 0 Å². The number of amides is 1. The molecule has 0 atom stereocenters. The van der Waals surface area contributed by atoms with E-state index in [9.17, 15) is 4.79 Å². The topological polar surface area (TPSA) is 54.5 Å². The van der Waals surface area contributed by atoms with Crippen molar-refractivity contribution in [2.45, 2.75) is 26.7 Å². The van der Waals surface area contributed by atoms with Crippen molar-refractivity contribution in [3.63, 3.8) is 0 Å². The molecule has 7 heteroatoms. The predicted molar refractivity (Wildman–Crippen MR) is 113 cm³/mol. The summed E-state index contributed by atoms with van der Waals surface area (Å²) in [6, 6.07) is 8.98. The van der Waals surface area contributed by atoms with Crippen molar-refractivity contribution < 1.29 is 9.53 Å². The number of ether oxygens (including phenoxy) is 1. The summed E-state index contributed by atoms with van der Waals surface area (Å²) >= 11 is 6.19. The second-order valence-corrected chi connectivity index (χ2v) is 6.42. The Morgan fingerprint density at radius 1 is 1.15 bits per heavy atom. The molecule has 1 N–H and O–H groups in total. The van der Waals surface area contributed by atoms with E-state index in [4.69, 9.17) is 16.3 Å². The van der Waals surface area contributed by atoms with E-state index in [2.05, 4.69) is 24.1 Å². The molecule has 0 aliphatic rings. The maximum atomic E-state index is 12.7. The van der Waals surface area contributed by atoms with Crippen LogP contribution in [-0.4, -0.2) is 42.0 Å². The first-order chi connectivity index (χ1) is 12.6. The maximum absolute atomic E-state index is 12.7. The molecule has 0 radical (unpaired) electrons. The number of anilines is 1. The number of aromatic nitrogens is 1. The lowest BCUT2D eigenvalue weighted by atomic mass is 10.1. The van der Waals surface area contributed by atoms with Gasteiger partial charge in [0.1, 0.15) is 12.4 Å². The van der Waals surface area contributed by atoms with Gasteiger partial charge in [-0.2, -0.15) is 0 Å². The van der Waals surface area contributed by atoms with Crippen LogP contribution in [0.2, 0.25) is 5.02 Å². The van der Waals surface area contributed by atoms with Crippen LogP contribution in [0.3, 0.4) is 0 Å². The fraction of sp³-hybridized carbons (Fsp3) is 0.400. The lowest BCUT2D eigenvalue weighted by Crippen LogP contribution is -2.32. The summed E-state index contributed by atoms with van der Waals surface area (Å²) < 4.78 is 5.77. The quantitative estimate of drug-likeness (QED) is 0.564. The summed E-state index contributed by atoms with van der Waals surface area (Å²) in [6.45, 7) is 6.72. The van der Waals surface area contributed by atoms with Gasteiger partial charge in [-0.15, -0.1) is 12.4 Å². The van der Waals surface area contributed by atoms with Gasteiger partial charge in [-0.05, 0) is 43.2 Å². The fourth-order valence-electron chi connectivity index (χ4n) is 2.64. The van der Waals surface area contributed by atoms with Crippen LogP contribution in [0, 0.1) is 0 Å². The third kappa shape index (κ3) is 7.65. The molecule has 2 aromatic rings. The molecule has 0 saturated heterocycles. The molecule has 5 nitrogen and oxygen atoms in total. The van der Waals surface area contributed by atoms with E-state index in [0.29, 0.717) is 29.5 Å². The Kier molecular flexibility index (Phi) is 10.6. The van der Waals surface area contributed by atoms with Crippen molar-refractivity contribution in [2.75, 3.05) is 31.6 Å². The second kappa shape index (κ2) is 12.4. The standard InChI is InChI=1S/C20H26ClN3O2.ClH/c1-3-10-24(11-4-2)20(25)16-13-17(21)15-19(14-16)26-12-9-23-18-5-7-22-8-6-18;/h5-8,13-15H,3-4,9-12H2,1-2H3,(H,22,23);1H. The van der Waals surface area contributed by atoms with Crippen LogP contribution in [0.5, 0.6) is 5.75 Å². The molecule has 0 aliphatic heterocycles. The van der Waals surface area contributed by atoms with Gasteiger partial charge < -0.3 is 15.0 Å². The van der Waals surface area contributed by atoms with Gasteiger partial charge >= 0.3 is 0 Å². The van der Waals surface area contributed by atoms with E-state index < -0.39 is 0 Å². The highest BCUT2D eigenvalue weighted by Gasteiger charge is 2.16. The van der Waals surface area contributed by atoms with E-state index in [1.165, 1.54) is 0 Å². The molecule has 1 aromatic carbocycles. The first-order valence-corrected chi connectivity index (χ1v) is 9.38. The Morgan fingerprint density at radius 2 is 1.81 bits per heavy atom. The summed E-state index contributed by atoms with van der Waals surface area (Å²) in [7, 11) is 0. The molecular weight excluding hydrogens is 385 g/mol. The summed E-state index contributed by atoms with van der Waals surface area (Å²) in [6.07, 6.45) is 5.32. The summed E-state index contributed by atoms with van der Waals surface area (Å²) in [5.74, 6) is 0.598. The number of pyridine rings is 1. The van der Waals surface area contributed by atoms with Crippen molar-refractivity contribution in [1.82, 2.24) is 9.88 Å². The van der Waals surface area contributed by atoms with Crippen molar-refractivity contribution >= 4 is 35.6 Å². The highest BCUT2D eigenvalue weighted by molar-refractivity contribution is 6.31. The van der Waals surface area contributed by atoms with Gasteiger partial charge in [0.25, 0.3) is 5.91 Å². The molecule has 2 rings (SSSR count). The highest BCUT2D eigenvalue weighted by Crippen LogP contribution is 2.22. The van der Waals surface area contributed by atoms with Gasteiger partial charge in [0, 0.05) is 48.3 Å². The molecule has 0 bridgehead atoms. The molecule has 0 fully saturated rings. The van der Waals surface area contributed by atoms with Gasteiger partial charge in [-0.25, -0.2) is 0 Å². The number of hydrogen-bond acceptors (Lipinski definition) is 4. The molecule has 0 spiro atoms. The molecule has 27 heavy (non-hydrogen) atoms. The zero-order valence-corrected chi connectivity index (χ0v) is 17.4. The molecule has 0 saturated carbocycles. The molecule has 0 aliphatic carbocycles. The molecule has 1 aromatic heterocycles. The van der Waals surface area contributed by atoms with Crippen molar-refractivity contribution in [3.8, 4) is 5.75 Å². The van der Waals surface area contributed by atoms with E-state index in [-0.39, 0.29) is 18.3 Å². The lowest BCUT2D eigenvalue weighted by Gasteiger charge is -2.22. The average Bonchev–Trinajstić information content (AvgIpc) is 2.65. The number of benzene rings is 1. The Balaban J connectivity index is 0.00000364. The Morgan fingerprint density at radius 3 is 2.44 bits per heavy atom. The highest BCUT2D eigenvalue weighted by atomic mass is 35.5. The minimum Gasteiger partial charge on any atom is -0.492 e. The number of rotatable bonds is 10. The van der Waals surface area contributed by atoms with Crippen molar-refractivity contribution in [3.05, 3.63) is 53.3 Å². The number of nitrogens with one attached hydrogen (secondary N) is 1. The fourth-order valence-corrected chi connectivity index (χ4v) is 2.87. The van der Waals surface area contributed by atoms with E-state index >= 15 is 0 Å². The van der Waals surface area contributed by atoms with Gasteiger partial charge in [0.05, 0.1) is 0 Å². The number of carbonyl (C=O) groups is 1. The minimum absolute atomic E-state index is 0. The van der Waals surface area contributed by atoms with Gasteiger partial charge in [-0.1, -0.05) is 25.4 Å². The van der Waals surface area contributed by atoms with Crippen LogP contribution in [0.15, 0.2) is 42.7 Å². The number of halogens is 2. The summed E-state index contributed by atoms with van der Waals surface area (Å²) in [4.78, 5) is 18.6. The number of nitrogens with zero attached hydrogens (tertiary/aromatic N) is 2. The largest absolute Gasteiger partial charge is 0.492 e. The normalized spacial score (nSPS) is 10.0. The average molecular weight is 412 g/mol. The first-order valence-electron chi connectivity index (χ1n) is 9.00. The van der Waals surface area contributed by atoms with Crippen LogP contribution < -0.4 is 10.1 Å². The molecule has 1 amide bonds. The minimum atomic E-state index is -0.00374. The Labute approximate surface area is 172 Å². The number of carbonyl (C=O) groups excluding carboxylic acids is 1. The predicted octanol–water partition coefficient (Wildman–Crippen LogP) is 4.91. The smallest absolute Gasteiger partial charge is 0.254 e. The number of hydrogen-bond donors (Lipinski definition) is 1. The lowest BCUT2D eigenvalue weighted by molar-refractivity contribution is 0.0755. The summed E-state index contributed by atoms with van der Waals surface area (Å²) in [5.41, 5.74) is 1.55. The van der Waals surface area contributed by atoms with E-state index in [0.717, 1.165) is 31.6 Å². The third-order valence-electron chi connectivity index (χ3n) is 3.77. The maximum Gasteiger partial charge on any atom is 0.254 e. The zero-order valence-electron chi connectivity index (χ0n) is 15.8. The zero-order chi connectivity index (χ0) is 18.8. The summed E-state index contributed by atoms with van der Waals surface area (Å²) in [5, 5.41) is 3.75. The second-order valence-electron chi connectivity index (χ2n) is 5.98. The van der Waals surface area contributed by atoms with Crippen LogP contribution in [-0.2, 0) is 0 Å².